The van der Waals surface area contributed by atoms with Crippen LogP contribution < -0.4 is 0 Å². The summed E-state index contributed by atoms with van der Waals surface area (Å²) in [5.74, 6) is 0.968. The molecule has 2 aromatic rings. The molecule has 17 heavy (non-hydrogen) atoms. The van der Waals surface area contributed by atoms with Crippen LogP contribution in [0.2, 0.25) is 0 Å². The predicted octanol–water partition coefficient (Wildman–Crippen LogP) is 2.78. The number of nitrogens with zero attached hydrogens (tertiary/aromatic N) is 2. The maximum absolute atomic E-state index is 9.58. The molecule has 1 N–H and O–H groups in total. The molecule has 5 nitrogen and oxygen atoms in total. The maximum atomic E-state index is 9.58. The van der Waals surface area contributed by atoms with Crippen molar-refractivity contribution in [2.24, 2.45) is 0 Å². The Bertz CT molecular complexity index is 502. The molecule has 2 heterocycles. The number of aromatic nitrogens is 2. The zero-order chi connectivity index (χ0) is 12.5. The van der Waals surface area contributed by atoms with Gasteiger partial charge in [0.2, 0.25) is 5.82 Å². The molecule has 0 aliphatic heterocycles. The van der Waals surface area contributed by atoms with Gasteiger partial charge in [0, 0.05) is 7.11 Å². The number of hydrogen-bond acceptors (Lipinski definition) is 6. The highest BCUT2D eigenvalue weighted by Gasteiger charge is 2.30. The van der Waals surface area contributed by atoms with Crippen LogP contribution in [0.3, 0.4) is 0 Å². The van der Waals surface area contributed by atoms with E-state index in [1.807, 2.05) is 13.8 Å². The topological polar surface area (TPSA) is 68.4 Å². The second-order valence-corrected chi connectivity index (χ2v) is 4.76. The number of hydrogen-bond donors (Lipinski definition) is 1. The summed E-state index contributed by atoms with van der Waals surface area (Å²) in [4.78, 5) is 4.86. The molecular weight excluding hydrogens is 240 g/mol. The highest BCUT2D eigenvalue weighted by Crippen LogP contribution is 2.35. The quantitative estimate of drug-likeness (QED) is 0.908. The largest absolute Gasteiger partial charge is 0.506 e. The van der Waals surface area contributed by atoms with Crippen molar-refractivity contribution in [3.05, 3.63) is 17.3 Å². The molecule has 6 heteroatoms. The summed E-state index contributed by atoms with van der Waals surface area (Å²) in [6.45, 7) is 3.89. The summed E-state index contributed by atoms with van der Waals surface area (Å²) in [5, 5.41) is 15.3. The minimum absolute atomic E-state index is 0.154. The van der Waals surface area contributed by atoms with Crippen LogP contribution in [0.25, 0.3) is 10.8 Å². The van der Waals surface area contributed by atoms with Crippen molar-refractivity contribution in [1.82, 2.24) is 10.1 Å². The fourth-order valence-electron chi connectivity index (χ4n) is 1.39. The van der Waals surface area contributed by atoms with Gasteiger partial charge in [-0.25, -0.2) is 0 Å². The Morgan fingerprint density at radius 1 is 1.59 bits per heavy atom. The third kappa shape index (κ3) is 2.05. The number of thiophene rings is 1. The smallest absolute Gasteiger partial charge is 0.271 e. The molecule has 92 valence electrons. The molecule has 0 aliphatic rings. The van der Waals surface area contributed by atoms with Gasteiger partial charge in [-0.1, -0.05) is 12.1 Å². The average Bonchev–Trinajstić information content (AvgIpc) is 2.96. The van der Waals surface area contributed by atoms with Crippen molar-refractivity contribution >= 4 is 11.3 Å². The highest BCUT2D eigenvalue weighted by atomic mass is 32.1. The van der Waals surface area contributed by atoms with E-state index in [2.05, 4.69) is 10.1 Å². The Morgan fingerprint density at radius 3 is 2.88 bits per heavy atom. The standard InChI is InChI=1S/C11H14N2O3S/c1-4-11(2,15-3)10-12-9(16-13-10)8-7(14)5-6-17-8/h5-6,14H,4H2,1-3H3. The molecule has 0 bridgehead atoms. The molecule has 0 aliphatic carbocycles. The molecule has 0 saturated heterocycles. The average molecular weight is 254 g/mol. The number of methoxy groups -OCH3 is 1. The van der Waals surface area contributed by atoms with E-state index in [9.17, 15) is 5.11 Å². The third-order valence-electron chi connectivity index (χ3n) is 2.86. The Kier molecular flexibility index (Phi) is 3.17. The molecule has 1 unspecified atom stereocenters. The van der Waals surface area contributed by atoms with Gasteiger partial charge >= 0.3 is 0 Å². The number of aromatic hydroxyl groups is 1. The van der Waals surface area contributed by atoms with Gasteiger partial charge in [0.25, 0.3) is 5.89 Å². The zero-order valence-corrected chi connectivity index (χ0v) is 10.7. The van der Waals surface area contributed by atoms with Crippen molar-refractivity contribution < 1.29 is 14.4 Å². The normalized spacial score (nSPS) is 14.8. The van der Waals surface area contributed by atoms with Crippen LogP contribution >= 0.6 is 11.3 Å². The lowest BCUT2D eigenvalue weighted by molar-refractivity contribution is -0.0106. The van der Waals surface area contributed by atoms with Crippen LogP contribution in [0.1, 0.15) is 26.1 Å². The monoisotopic (exact) mass is 254 g/mol. The molecular formula is C11H14N2O3S. The summed E-state index contributed by atoms with van der Waals surface area (Å²) in [6, 6.07) is 1.60. The Hall–Kier alpha value is -1.40. The first-order chi connectivity index (χ1) is 8.10. The van der Waals surface area contributed by atoms with E-state index in [1.54, 1.807) is 18.6 Å². The first-order valence-corrected chi connectivity index (χ1v) is 6.15. The molecule has 2 aromatic heterocycles. The lowest BCUT2D eigenvalue weighted by Crippen LogP contribution is -2.24. The van der Waals surface area contributed by atoms with Crippen LogP contribution in [0.4, 0.5) is 0 Å². The molecule has 0 fully saturated rings. The van der Waals surface area contributed by atoms with Crippen LogP contribution in [-0.2, 0) is 10.3 Å². The second kappa shape index (κ2) is 4.46. The molecule has 0 saturated carbocycles. The minimum atomic E-state index is -0.561. The lowest BCUT2D eigenvalue weighted by Gasteiger charge is -2.21. The SMILES string of the molecule is CCC(C)(OC)c1noc(-c2sccc2O)n1. The van der Waals surface area contributed by atoms with E-state index in [0.717, 1.165) is 6.42 Å². The second-order valence-electron chi connectivity index (χ2n) is 3.85. The molecule has 0 amide bonds. The zero-order valence-electron chi connectivity index (χ0n) is 9.93. The molecule has 0 aromatic carbocycles. The molecule has 2 rings (SSSR count). The number of ether oxygens (including phenoxy) is 1. The van der Waals surface area contributed by atoms with Crippen LogP contribution in [0.5, 0.6) is 5.75 Å². The van der Waals surface area contributed by atoms with Gasteiger partial charge in [-0.3, -0.25) is 0 Å². The Morgan fingerprint density at radius 2 is 2.35 bits per heavy atom. The van der Waals surface area contributed by atoms with Crippen molar-refractivity contribution in [3.63, 3.8) is 0 Å². The minimum Gasteiger partial charge on any atom is -0.506 e. The Labute approximate surface area is 103 Å². The van der Waals surface area contributed by atoms with Gasteiger partial charge in [0.1, 0.15) is 16.2 Å². The van der Waals surface area contributed by atoms with Crippen molar-refractivity contribution in [2.45, 2.75) is 25.9 Å². The van der Waals surface area contributed by atoms with Crippen LogP contribution in [-0.4, -0.2) is 22.4 Å². The summed E-state index contributed by atoms with van der Waals surface area (Å²) in [7, 11) is 1.61. The predicted molar refractivity (Wildman–Crippen MR) is 63.9 cm³/mol. The van der Waals surface area contributed by atoms with E-state index in [1.165, 1.54) is 11.3 Å². The van der Waals surface area contributed by atoms with E-state index in [0.29, 0.717) is 16.6 Å². The van der Waals surface area contributed by atoms with Crippen molar-refractivity contribution in [3.8, 4) is 16.5 Å². The van der Waals surface area contributed by atoms with Crippen molar-refractivity contribution in [2.75, 3.05) is 7.11 Å². The summed E-state index contributed by atoms with van der Waals surface area (Å²) in [6.07, 6.45) is 0.735. The highest BCUT2D eigenvalue weighted by molar-refractivity contribution is 7.13. The van der Waals surface area contributed by atoms with Gasteiger partial charge in [-0.15, -0.1) is 11.3 Å². The van der Waals surface area contributed by atoms with E-state index in [-0.39, 0.29) is 5.75 Å². The third-order valence-corrected chi connectivity index (χ3v) is 3.75. The van der Waals surface area contributed by atoms with Gasteiger partial charge < -0.3 is 14.4 Å². The molecule has 1 atom stereocenters. The fourth-order valence-corrected chi connectivity index (χ4v) is 2.09. The fraction of sp³-hybridized carbons (Fsp3) is 0.455. The number of rotatable bonds is 4. The first-order valence-electron chi connectivity index (χ1n) is 5.27. The summed E-state index contributed by atoms with van der Waals surface area (Å²) >= 11 is 1.35. The van der Waals surface area contributed by atoms with Gasteiger partial charge in [0.15, 0.2) is 0 Å². The Balaban J connectivity index is 2.37. The van der Waals surface area contributed by atoms with Crippen LogP contribution in [0, 0.1) is 0 Å². The first kappa shape index (κ1) is 12.1. The van der Waals surface area contributed by atoms with Crippen LogP contribution in [0.15, 0.2) is 16.0 Å². The van der Waals surface area contributed by atoms with Gasteiger partial charge in [0.05, 0.1) is 0 Å². The van der Waals surface area contributed by atoms with E-state index >= 15 is 0 Å². The van der Waals surface area contributed by atoms with Gasteiger partial charge in [-0.05, 0) is 24.8 Å². The lowest BCUT2D eigenvalue weighted by atomic mass is 10.0. The summed E-state index contributed by atoms with van der Waals surface area (Å²) < 4.78 is 10.5. The van der Waals surface area contributed by atoms with E-state index < -0.39 is 5.60 Å². The molecule has 0 radical (unpaired) electrons. The summed E-state index contributed by atoms with van der Waals surface area (Å²) in [5.41, 5.74) is -0.561. The van der Waals surface area contributed by atoms with E-state index in [4.69, 9.17) is 9.26 Å². The maximum Gasteiger partial charge on any atom is 0.271 e. The van der Waals surface area contributed by atoms with Gasteiger partial charge in [-0.2, -0.15) is 4.98 Å². The molecule has 0 spiro atoms. The van der Waals surface area contributed by atoms with Crippen molar-refractivity contribution in [1.29, 1.82) is 0 Å².